The van der Waals surface area contributed by atoms with Gasteiger partial charge in [0.15, 0.2) is 11.9 Å². The lowest BCUT2D eigenvalue weighted by atomic mass is 9.37. The van der Waals surface area contributed by atoms with Gasteiger partial charge in [0.25, 0.3) is 0 Å². The molecule has 10 heteroatoms. The monoisotopic (exact) mass is 574 g/mol. The van der Waals surface area contributed by atoms with Gasteiger partial charge in [-0.05, 0) is 49.7 Å². The maximum atomic E-state index is 13.7. The molecule has 41 heavy (non-hydrogen) atoms. The smallest absolute Gasteiger partial charge is 0.303 e. The third-order valence-corrected chi connectivity index (χ3v) is 10.2. The molecular formula is C31H42O10. The largest absolute Gasteiger partial charge is 0.462 e. The normalized spacial score (nSPS) is 40.4. The average molecular weight is 575 g/mol. The van der Waals surface area contributed by atoms with E-state index in [2.05, 4.69) is 6.92 Å². The number of ether oxygens (including phenoxy) is 5. The maximum absolute atomic E-state index is 13.7. The Morgan fingerprint density at radius 3 is 2.20 bits per heavy atom. The predicted molar refractivity (Wildman–Crippen MR) is 145 cm³/mol. The van der Waals surface area contributed by atoms with Crippen molar-refractivity contribution in [3.63, 3.8) is 0 Å². The summed E-state index contributed by atoms with van der Waals surface area (Å²) in [6.45, 7) is 13.0. The molecule has 1 aliphatic heterocycles. The minimum atomic E-state index is -1.14. The van der Waals surface area contributed by atoms with E-state index in [1.165, 1.54) is 27.7 Å². The number of hydrogen-bond donors (Lipinski definition) is 0. The van der Waals surface area contributed by atoms with E-state index in [0.717, 1.165) is 0 Å². The molecule has 4 aliphatic rings. The molecule has 0 saturated heterocycles. The van der Waals surface area contributed by atoms with Crippen molar-refractivity contribution in [2.24, 2.45) is 34.0 Å². The molecule has 0 spiro atoms. The van der Waals surface area contributed by atoms with Gasteiger partial charge in [0.2, 0.25) is 0 Å². The number of hydrogen-bond acceptors (Lipinski definition) is 10. The quantitative estimate of drug-likeness (QED) is 0.273. The minimum absolute atomic E-state index is 0.0478. The molecule has 2 saturated carbocycles. The summed E-state index contributed by atoms with van der Waals surface area (Å²) in [5.74, 6) is -3.81. The number of allylic oxidation sites excluding steroid dienone is 2. The molecule has 0 unspecified atom stereocenters. The van der Waals surface area contributed by atoms with Gasteiger partial charge < -0.3 is 23.7 Å². The molecule has 4 rings (SSSR count). The Bertz CT molecular complexity index is 1190. The molecule has 0 N–H and O–H groups in total. The second-order valence-electron chi connectivity index (χ2n) is 12.6. The molecule has 0 aromatic rings. The summed E-state index contributed by atoms with van der Waals surface area (Å²) >= 11 is 0. The van der Waals surface area contributed by atoms with Crippen LogP contribution in [-0.4, -0.2) is 67.3 Å². The molecular weight excluding hydrogens is 532 g/mol. The van der Waals surface area contributed by atoms with Crippen molar-refractivity contribution in [1.29, 1.82) is 0 Å². The predicted octanol–water partition coefficient (Wildman–Crippen LogP) is 3.50. The van der Waals surface area contributed by atoms with E-state index in [4.69, 9.17) is 23.7 Å². The zero-order valence-corrected chi connectivity index (χ0v) is 25.2. The highest BCUT2D eigenvalue weighted by Gasteiger charge is 2.75. The number of ketones is 1. The van der Waals surface area contributed by atoms with E-state index < -0.39 is 82.3 Å². The number of rotatable bonds is 5. The van der Waals surface area contributed by atoms with Gasteiger partial charge in [-0.25, -0.2) is 0 Å². The van der Waals surface area contributed by atoms with E-state index in [1.807, 2.05) is 19.1 Å². The van der Waals surface area contributed by atoms with Crippen LogP contribution < -0.4 is 0 Å². The van der Waals surface area contributed by atoms with E-state index in [0.29, 0.717) is 18.4 Å². The Labute approximate surface area is 241 Å². The Balaban J connectivity index is 2.06. The molecule has 2 fully saturated rings. The first-order chi connectivity index (χ1) is 19.1. The van der Waals surface area contributed by atoms with Crippen LogP contribution in [0.2, 0.25) is 0 Å². The van der Waals surface area contributed by atoms with Crippen molar-refractivity contribution < 1.29 is 47.7 Å². The molecule has 226 valence electrons. The Kier molecular flexibility index (Phi) is 8.30. The van der Waals surface area contributed by atoms with Gasteiger partial charge >= 0.3 is 23.9 Å². The van der Waals surface area contributed by atoms with Crippen LogP contribution in [-0.2, 0) is 47.7 Å². The summed E-state index contributed by atoms with van der Waals surface area (Å²) in [6.07, 6.45) is 2.88. The third-order valence-electron chi connectivity index (χ3n) is 10.2. The first-order valence-electron chi connectivity index (χ1n) is 14.3. The summed E-state index contributed by atoms with van der Waals surface area (Å²) in [6, 6.07) is 0. The molecule has 0 radical (unpaired) electrons. The second kappa shape index (κ2) is 11.0. The Morgan fingerprint density at radius 1 is 0.976 bits per heavy atom. The first kappa shape index (κ1) is 30.9. The third kappa shape index (κ3) is 4.91. The summed E-state index contributed by atoms with van der Waals surface area (Å²) in [5.41, 5.74) is -2.34. The van der Waals surface area contributed by atoms with E-state index in [-0.39, 0.29) is 19.0 Å². The number of esters is 4. The molecule has 10 atom stereocenters. The van der Waals surface area contributed by atoms with E-state index in [9.17, 15) is 24.0 Å². The van der Waals surface area contributed by atoms with Crippen LogP contribution in [0.1, 0.15) is 68.2 Å². The molecule has 0 aromatic carbocycles. The van der Waals surface area contributed by atoms with Gasteiger partial charge in [-0.15, -0.1) is 0 Å². The minimum Gasteiger partial charge on any atom is -0.462 e. The highest BCUT2D eigenvalue weighted by molar-refractivity contribution is 5.98. The van der Waals surface area contributed by atoms with Crippen LogP contribution >= 0.6 is 0 Å². The van der Waals surface area contributed by atoms with Crippen molar-refractivity contribution in [3.8, 4) is 0 Å². The standard InChI is InChI=1S/C31H42O10/c1-16-14-24(39-19(4)33)30(8)22(25(16)36)11-12-29(7)23-10-9-13-37-15-31(23,17(2)38-18(3)32)28(41-21(6)35)26(27(29)30)40-20(5)34/h9-10,14,17,22-24,26-28H,11-13,15H2,1-8H3/t17-,22-,23-,24+,26-,27-,28-,29-,30+,31+/m0/s1. The van der Waals surface area contributed by atoms with Crippen molar-refractivity contribution in [2.45, 2.75) is 92.6 Å². The van der Waals surface area contributed by atoms with Crippen LogP contribution in [0.3, 0.4) is 0 Å². The van der Waals surface area contributed by atoms with Gasteiger partial charge in [0, 0.05) is 44.9 Å². The van der Waals surface area contributed by atoms with Crippen molar-refractivity contribution in [3.05, 3.63) is 23.8 Å². The van der Waals surface area contributed by atoms with Gasteiger partial charge in [-0.1, -0.05) is 26.0 Å². The zero-order chi connectivity index (χ0) is 30.5. The average Bonchev–Trinajstić information content (AvgIpc) is 3.08. The summed E-state index contributed by atoms with van der Waals surface area (Å²) in [5, 5.41) is 0. The topological polar surface area (TPSA) is 132 Å². The fourth-order valence-corrected chi connectivity index (χ4v) is 8.79. The van der Waals surface area contributed by atoms with Gasteiger partial charge in [-0.3, -0.25) is 24.0 Å². The van der Waals surface area contributed by atoms with Gasteiger partial charge in [-0.2, -0.15) is 0 Å². The second-order valence-corrected chi connectivity index (χ2v) is 12.6. The first-order valence-corrected chi connectivity index (χ1v) is 14.3. The number of fused-ring (bicyclic) bond motifs is 5. The van der Waals surface area contributed by atoms with Crippen LogP contribution in [0, 0.1) is 34.0 Å². The molecule has 10 nitrogen and oxygen atoms in total. The zero-order valence-electron chi connectivity index (χ0n) is 25.2. The molecule has 0 aromatic heterocycles. The lowest BCUT2D eigenvalue weighted by Gasteiger charge is -2.69. The lowest BCUT2D eigenvalue weighted by molar-refractivity contribution is -0.292. The lowest BCUT2D eigenvalue weighted by Crippen LogP contribution is -2.75. The van der Waals surface area contributed by atoms with Crippen LogP contribution in [0.4, 0.5) is 0 Å². The van der Waals surface area contributed by atoms with Crippen molar-refractivity contribution in [1.82, 2.24) is 0 Å². The Morgan fingerprint density at radius 2 is 1.61 bits per heavy atom. The summed E-state index contributed by atoms with van der Waals surface area (Å²) in [7, 11) is 0. The summed E-state index contributed by atoms with van der Waals surface area (Å²) in [4.78, 5) is 63.9. The van der Waals surface area contributed by atoms with Crippen molar-refractivity contribution >= 4 is 29.7 Å². The van der Waals surface area contributed by atoms with E-state index in [1.54, 1.807) is 19.9 Å². The SMILES string of the molecule is CC(=O)O[C@H]1[C@H]2[C@@](C)(CC[C@H]3C(=O)C(C)=C[C@@H](OC(C)=O)[C@@]32C)[C@@H]2C=CCOC[C@]2([C@H](C)OC(C)=O)[C@H]1OC(C)=O. The molecule has 0 amide bonds. The summed E-state index contributed by atoms with van der Waals surface area (Å²) < 4.78 is 30.0. The molecule has 1 heterocycles. The number of carbonyl (C=O) groups is 5. The molecule has 0 bridgehead atoms. The van der Waals surface area contributed by atoms with Gasteiger partial charge in [0.1, 0.15) is 18.3 Å². The fourth-order valence-electron chi connectivity index (χ4n) is 8.79. The highest BCUT2D eigenvalue weighted by Crippen LogP contribution is 2.70. The van der Waals surface area contributed by atoms with Crippen molar-refractivity contribution in [2.75, 3.05) is 13.2 Å². The van der Waals surface area contributed by atoms with Crippen LogP contribution in [0.15, 0.2) is 23.8 Å². The van der Waals surface area contributed by atoms with E-state index >= 15 is 0 Å². The van der Waals surface area contributed by atoms with Gasteiger partial charge in [0.05, 0.1) is 18.6 Å². The molecule has 3 aliphatic carbocycles. The number of carbonyl (C=O) groups excluding carboxylic acids is 5. The Hall–Kier alpha value is -3.01. The fraction of sp³-hybridized carbons (Fsp3) is 0.710. The van der Waals surface area contributed by atoms with Crippen LogP contribution in [0.5, 0.6) is 0 Å². The number of Topliss-reactive ketones (excluding diaryl/α,β-unsaturated/α-hetero) is 1. The van der Waals surface area contributed by atoms with Crippen LogP contribution in [0.25, 0.3) is 0 Å². The highest BCUT2D eigenvalue weighted by atomic mass is 16.6. The maximum Gasteiger partial charge on any atom is 0.303 e.